The van der Waals surface area contributed by atoms with Gasteiger partial charge in [0.05, 0.1) is 13.2 Å². The number of amides is 2. The molecule has 1 unspecified atom stereocenters. The van der Waals surface area contributed by atoms with Crippen molar-refractivity contribution in [3.8, 4) is 0 Å². The first-order valence-electron chi connectivity index (χ1n) is 6.13. The molecule has 2 rings (SSSR count). The van der Waals surface area contributed by atoms with Crippen LogP contribution in [0.3, 0.4) is 0 Å². The van der Waals surface area contributed by atoms with Gasteiger partial charge in [-0.25, -0.2) is 14.0 Å². The van der Waals surface area contributed by atoms with Crippen LogP contribution in [0, 0.1) is 12.7 Å². The molecule has 0 aliphatic carbocycles. The number of carboxylic acid groups (broad SMARTS) is 1. The smallest absolute Gasteiger partial charge is 0.334 e. The highest BCUT2D eigenvalue weighted by molar-refractivity contribution is 5.90. The maximum Gasteiger partial charge on any atom is 0.334 e. The molecule has 108 valence electrons. The van der Waals surface area contributed by atoms with E-state index in [4.69, 9.17) is 9.84 Å². The molecular formula is C13H15FN2O4. The number of carbonyl (C=O) groups excluding carboxylic acids is 1. The lowest BCUT2D eigenvalue weighted by molar-refractivity contribution is -0.154. The van der Waals surface area contributed by atoms with Crippen LogP contribution in [0.2, 0.25) is 0 Å². The van der Waals surface area contributed by atoms with Gasteiger partial charge in [-0.1, -0.05) is 0 Å². The van der Waals surface area contributed by atoms with Crippen molar-refractivity contribution in [2.45, 2.75) is 13.0 Å². The fourth-order valence-electron chi connectivity index (χ4n) is 1.99. The Labute approximate surface area is 115 Å². The average molecular weight is 282 g/mol. The zero-order valence-electron chi connectivity index (χ0n) is 10.9. The van der Waals surface area contributed by atoms with Crippen molar-refractivity contribution in [3.63, 3.8) is 0 Å². The van der Waals surface area contributed by atoms with Gasteiger partial charge in [0.1, 0.15) is 5.82 Å². The Morgan fingerprint density at radius 3 is 2.85 bits per heavy atom. The number of hydrogen-bond donors (Lipinski definition) is 2. The molecule has 6 nitrogen and oxygen atoms in total. The third kappa shape index (κ3) is 3.45. The molecule has 1 fully saturated rings. The maximum atomic E-state index is 13.2. The van der Waals surface area contributed by atoms with Gasteiger partial charge in [0.15, 0.2) is 6.10 Å². The molecule has 1 aliphatic rings. The number of urea groups is 1. The molecule has 0 spiro atoms. The van der Waals surface area contributed by atoms with E-state index >= 15 is 0 Å². The van der Waals surface area contributed by atoms with Crippen LogP contribution in [0.15, 0.2) is 18.2 Å². The fourth-order valence-corrected chi connectivity index (χ4v) is 1.99. The summed E-state index contributed by atoms with van der Waals surface area (Å²) in [4.78, 5) is 24.2. The number of ether oxygens (including phenoxy) is 1. The summed E-state index contributed by atoms with van der Waals surface area (Å²) in [6.07, 6.45) is -1.02. The highest BCUT2D eigenvalue weighted by Crippen LogP contribution is 2.15. The van der Waals surface area contributed by atoms with E-state index in [1.807, 2.05) is 0 Å². The van der Waals surface area contributed by atoms with Crippen LogP contribution in [-0.2, 0) is 9.53 Å². The largest absolute Gasteiger partial charge is 0.479 e. The van der Waals surface area contributed by atoms with E-state index < -0.39 is 23.9 Å². The molecule has 0 aromatic heterocycles. The third-order valence-electron chi connectivity index (χ3n) is 2.92. The Bertz CT molecular complexity index is 515. The first-order valence-corrected chi connectivity index (χ1v) is 6.13. The predicted molar refractivity (Wildman–Crippen MR) is 69.1 cm³/mol. The number of halogens is 1. The normalized spacial score (nSPS) is 18.7. The fraction of sp³-hybridized carbons (Fsp3) is 0.385. The van der Waals surface area contributed by atoms with Crippen molar-refractivity contribution in [1.82, 2.24) is 4.90 Å². The monoisotopic (exact) mass is 282 g/mol. The van der Waals surface area contributed by atoms with Crippen LogP contribution < -0.4 is 5.32 Å². The van der Waals surface area contributed by atoms with E-state index in [0.717, 1.165) is 0 Å². The Kier molecular flexibility index (Phi) is 4.19. The summed E-state index contributed by atoms with van der Waals surface area (Å²) in [7, 11) is 0. The second-order valence-corrected chi connectivity index (χ2v) is 4.59. The van der Waals surface area contributed by atoms with Gasteiger partial charge in [0.25, 0.3) is 0 Å². The molecule has 1 atom stereocenters. The molecule has 20 heavy (non-hydrogen) atoms. The van der Waals surface area contributed by atoms with Gasteiger partial charge in [-0.2, -0.15) is 0 Å². The van der Waals surface area contributed by atoms with Gasteiger partial charge in [0, 0.05) is 12.2 Å². The minimum absolute atomic E-state index is 0.0323. The van der Waals surface area contributed by atoms with Gasteiger partial charge in [-0.3, -0.25) is 0 Å². The molecule has 1 aromatic rings. The number of nitrogens with zero attached hydrogens (tertiary/aromatic N) is 1. The number of morpholine rings is 1. The van der Waals surface area contributed by atoms with E-state index in [9.17, 15) is 14.0 Å². The van der Waals surface area contributed by atoms with Gasteiger partial charge in [-0.15, -0.1) is 0 Å². The molecule has 1 aliphatic heterocycles. The topological polar surface area (TPSA) is 78.9 Å². The molecule has 7 heteroatoms. The van der Waals surface area contributed by atoms with Crippen LogP contribution in [-0.4, -0.2) is 47.8 Å². The van der Waals surface area contributed by atoms with Crippen LogP contribution in [0.5, 0.6) is 0 Å². The number of aryl methyl sites for hydroxylation is 1. The van der Waals surface area contributed by atoms with Crippen molar-refractivity contribution in [2.75, 3.05) is 25.0 Å². The third-order valence-corrected chi connectivity index (χ3v) is 2.92. The minimum atomic E-state index is -1.11. The summed E-state index contributed by atoms with van der Waals surface area (Å²) in [5.74, 6) is -1.55. The second-order valence-electron chi connectivity index (χ2n) is 4.59. The van der Waals surface area contributed by atoms with Gasteiger partial charge in [-0.05, 0) is 30.7 Å². The zero-order valence-corrected chi connectivity index (χ0v) is 10.9. The maximum absolute atomic E-state index is 13.2. The van der Waals surface area contributed by atoms with E-state index in [2.05, 4.69) is 5.32 Å². The van der Waals surface area contributed by atoms with Crippen LogP contribution in [0.1, 0.15) is 5.56 Å². The zero-order chi connectivity index (χ0) is 14.7. The lowest BCUT2D eigenvalue weighted by Gasteiger charge is -2.30. The highest BCUT2D eigenvalue weighted by atomic mass is 19.1. The van der Waals surface area contributed by atoms with Crippen molar-refractivity contribution in [2.24, 2.45) is 0 Å². The molecule has 0 radical (unpaired) electrons. The summed E-state index contributed by atoms with van der Waals surface area (Å²) >= 11 is 0. The number of benzene rings is 1. The van der Waals surface area contributed by atoms with Gasteiger partial charge in [0.2, 0.25) is 0 Å². The lowest BCUT2D eigenvalue weighted by Crippen LogP contribution is -2.49. The molecule has 1 heterocycles. The van der Waals surface area contributed by atoms with E-state index in [0.29, 0.717) is 17.8 Å². The van der Waals surface area contributed by atoms with E-state index in [1.165, 1.54) is 17.0 Å². The number of nitrogens with one attached hydrogen (secondary N) is 1. The van der Waals surface area contributed by atoms with Gasteiger partial charge < -0.3 is 20.1 Å². The van der Waals surface area contributed by atoms with Crippen LogP contribution >= 0.6 is 0 Å². The number of rotatable bonds is 2. The van der Waals surface area contributed by atoms with Crippen LogP contribution in [0.4, 0.5) is 14.9 Å². The minimum Gasteiger partial charge on any atom is -0.479 e. The molecule has 1 saturated heterocycles. The quantitative estimate of drug-likeness (QED) is 0.860. The number of aliphatic carboxylic acids is 1. The summed E-state index contributed by atoms with van der Waals surface area (Å²) in [6.45, 7) is 2.14. The molecule has 0 saturated carbocycles. The molecule has 2 amide bonds. The van der Waals surface area contributed by atoms with Crippen LogP contribution in [0.25, 0.3) is 0 Å². The number of carboxylic acids is 1. The Balaban J connectivity index is 2.02. The van der Waals surface area contributed by atoms with Crippen molar-refractivity contribution >= 4 is 17.7 Å². The SMILES string of the molecule is Cc1cc(F)cc(NC(=O)N2CCOC(C(=O)O)C2)c1. The molecule has 2 N–H and O–H groups in total. The Morgan fingerprint density at radius 1 is 1.45 bits per heavy atom. The number of carbonyl (C=O) groups is 2. The lowest BCUT2D eigenvalue weighted by atomic mass is 10.2. The number of hydrogen-bond acceptors (Lipinski definition) is 3. The van der Waals surface area contributed by atoms with Crippen molar-refractivity contribution in [3.05, 3.63) is 29.6 Å². The Hall–Kier alpha value is -2.15. The molecule has 0 bridgehead atoms. The first kappa shape index (κ1) is 14.3. The molecular weight excluding hydrogens is 267 g/mol. The summed E-state index contributed by atoms with van der Waals surface area (Å²) in [5, 5.41) is 11.4. The highest BCUT2D eigenvalue weighted by Gasteiger charge is 2.28. The summed E-state index contributed by atoms with van der Waals surface area (Å²) < 4.78 is 18.3. The van der Waals surface area contributed by atoms with Gasteiger partial charge >= 0.3 is 12.0 Å². The second kappa shape index (κ2) is 5.87. The Morgan fingerprint density at radius 2 is 2.20 bits per heavy atom. The predicted octanol–water partition coefficient (Wildman–Crippen LogP) is 1.45. The summed E-state index contributed by atoms with van der Waals surface area (Å²) in [6, 6.07) is 3.73. The standard InChI is InChI=1S/C13H15FN2O4/c1-8-4-9(14)6-10(5-8)15-13(19)16-2-3-20-11(7-16)12(17)18/h4-6,11H,2-3,7H2,1H3,(H,15,19)(H,17,18). The number of anilines is 1. The van der Waals surface area contributed by atoms with Crippen molar-refractivity contribution in [1.29, 1.82) is 0 Å². The molecule has 1 aromatic carbocycles. The van der Waals surface area contributed by atoms with E-state index in [-0.39, 0.29) is 13.2 Å². The average Bonchev–Trinajstić information content (AvgIpc) is 2.37. The van der Waals surface area contributed by atoms with E-state index in [1.54, 1.807) is 13.0 Å². The first-order chi connectivity index (χ1) is 9.45. The van der Waals surface area contributed by atoms with Crippen molar-refractivity contribution < 1.29 is 23.8 Å². The summed E-state index contributed by atoms with van der Waals surface area (Å²) in [5.41, 5.74) is 1.02.